The molecule has 0 spiro atoms. The van der Waals surface area contributed by atoms with Crippen LogP contribution in [0.15, 0.2) is 22.7 Å². The summed E-state index contributed by atoms with van der Waals surface area (Å²) in [6.45, 7) is 5.94. The number of benzene rings is 1. The predicted octanol–water partition coefficient (Wildman–Crippen LogP) is 3.39. The molecule has 0 aromatic heterocycles. The average molecular weight is 317 g/mol. The van der Waals surface area contributed by atoms with E-state index in [0.29, 0.717) is 10.4 Å². The minimum Gasteiger partial charge on any atom is -0.327 e. The largest absolute Gasteiger partial charge is 0.327 e. The smallest absolute Gasteiger partial charge is 0.137 e. The third-order valence-corrected chi connectivity index (χ3v) is 3.78. The molecule has 1 rings (SSSR count). The quantitative estimate of drug-likeness (QED) is 0.871. The second-order valence-electron chi connectivity index (χ2n) is 5.18. The van der Waals surface area contributed by atoms with Crippen LogP contribution >= 0.6 is 15.9 Å². The zero-order valence-corrected chi connectivity index (χ0v) is 12.9. The molecule has 0 aliphatic carbocycles. The van der Waals surface area contributed by atoms with Crippen LogP contribution in [0, 0.1) is 11.7 Å². The maximum atomic E-state index is 13.4. The summed E-state index contributed by atoms with van der Waals surface area (Å²) in [4.78, 5) is 2.17. The Bertz CT molecular complexity index is 382. The van der Waals surface area contributed by atoms with Crippen LogP contribution in [0.25, 0.3) is 0 Å². The van der Waals surface area contributed by atoms with Gasteiger partial charge in [0, 0.05) is 12.6 Å². The Hall–Kier alpha value is -0.450. The molecule has 1 aromatic carbocycles. The van der Waals surface area contributed by atoms with Crippen molar-refractivity contribution in [3.63, 3.8) is 0 Å². The topological polar surface area (TPSA) is 29.3 Å². The monoisotopic (exact) mass is 316 g/mol. The maximum Gasteiger partial charge on any atom is 0.137 e. The van der Waals surface area contributed by atoms with E-state index in [-0.39, 0.29) is 11.9 Å². The number of nitrogens with two attached hydrogens (primary N) is 1. The highest BCUT2D eigenvalue weighted by Gasteiger charge is 2.09. The van der Waals surface area contributed by atoms with Crippen molar-refractivity contribution in [2.75, 3.05) is 13.6 Å². The Morgan fingerprint density at radius 3 is 2.61 bits per heavy atom. The van der Waals surface area contributed by atoms with Crippen molar-refractivity contribution < 1.29 is 4.39 Å². The van der Waals surface area contributed by atoms with Gasteiger partial charge in [0.2, 0.25) is 0 Å². The van der Waals surface area contributed by atoms with E-state index in [1.807, 2.05) is 13.1 Å². The van der Waals surface area contributed by atoms with Crippen LogP contribution in [-0.2, 0) is 6.54 Å². The molecule has 102 valence electrons. The second-order valence-corrected chi connectivity index (χ2v) is 6.04. The summed E-state index contributed by atoms with van der Waals surface area (Å²) in [6.07, 6.45) is 0.965. The Morgan fingerprint density at radius 2 is 2.06 bits per heavy atom. The summed E-state index contributed by atoms with van der Waals surface area (Å²) in [5.74, 6) is 0.295. The van der Waals surface area contributed by atoms with Gasteiger partial charge in [-0.25, -0.2) is 4.39 Å². The van der Waals surface area contributed by atoms with Crippen molar-refractivity contribution >= 4 is 15.9 Å². The fourth-order valence-corrected chi connectivity index (χ4v) is 1.98. The highest BCUT2D eigenvalue weighted by Crippen LogP contribution is 2.17. The van der Waals surface area contributed by atoms with Gasteiger partial charge in [0.1, 0.15) is 5.82 Å². The van der Waals surface area contributed by atoms with Crippen LogP contribution in [0.5, 0.6) is 0 Å². The van der Waals surface area contributed by atoms with E-state index < -0.39 is 0 Å². The Labute approximate surface area is 117 Å². The van der Waals surface area contributed by atoms with E-state index in [4.69, 9.17) is 5.73 Å². The Balaban J connectivity index is 2.44. The third kappa shape index (κ3) is 5.04. The van der Waals surface area contributed by atoms with Gasteiger partial charge in [-0.1, -0.05) is 19.9 Å². The van der Waals surface area contributed by atoms with Crippen molar-refractivity contribution in [3.8, 4) is 0 Å². The first-order valence-corrected chi connectivity index (χ1v) is 7.07. The molecular weight excluding hydrogens is 295 g/mol. The van der Waals surface area contributed by atoms with Crippen LogP contribution < -0.4 is 5.73 Å². The molecule has 1 unspecified atom stereocenters. The van der Waals surface area contributed by atoms with Gasteiger partial charge in [-0.05, 0) is 59.6 Å². The van der Waals surface area contributed by atoms with Crippen molar-refractivity contribution in [1.82, 2.24) is 4.90 Å². The summed E-state index contributed by atoms with van der Waals surface area (Å²) in [5.41, 5.74) is 6.99. The fraction of sp³-hybridized carbons (Fsp3) is 0.571. The highest BCUT2D eigenvalue weighted by molar-refractivity contribution is 9.10. The molecule has 0 fully saturated rings. The summed E-state index contributed by atoms with van der Waals surface area (Å²) in [6, 6.07) is 5.49. The Morgan fingerprint density at radius 1 is 1.39 bits per heavy atom. The minimum absolute atomic E-state index is 0.209. The molecule has 2 N–H and O–H groups in total. The van der Waals surface area contributed by atoms with E-state index in [2.05, 4.69) is 34.7 Å². The molecule has 0 saturated heterocycles. The van der Waals surface area contributed by atoms with Crippen LogP contribution in [0.3, 0.4) is 0 Å². The molecule has 0 radical (unpaired) electrons. The molecule has 4 heteroatoms. The van der Waals surface area contributed by atoms with Gasteiger partial charge >= 0.3 is 0 Å². The van der Waals surface area contributed by atoms with Crippen LogP contribution in [-0.4, -0.2) is 24.5 Å². The van der Waals surface area contributed by atoms with Gasteiger partial charge < -0.3 is 10.6 Å². The van der Waals surface area contributed by atoms with Crippen LogP contribution in [0.4, 0.5) is 4.39 Å². The standard InChI is InChI=1S/C14H22BrFN2/c1-10(2)14(17)6-7-18(3)9-11-4-5-12(15)13(16)8-11/h4-5,8,10,14H,6-7,9,17H2,1-3H3. The van der Waals surface area contributed by atoms with Gasteiger partial charge in [0.25, 0.3) is 0 Å². The Kier molecular flexibility index (Phi) is 6.26. The molecule has 0 bridgehead atoms. The molecule has 1 aromatic rings. The minimum atomic E-state index is -0.209. The third-order valence-electron chi connectivity index (χ3n) is 3.14. The van der Waals surface area contributed by atoms with Gasteiger partial charge in [-0.2, -0.15) is 0 Å². The van der Waals surface area contributed by atoms with Crippen LogP contribution in [0.1, 0.15) is 25.8 Å². The molecule has 18 heavy (non-hydrogen) atoms. The van der Waals surface area contributed by atoms with E-state index in [0.717, 1.165) is 25.1 Å². The lowest BCUT2D eigenvalue weighted by Gasteiger charge is -2.21. The average Bonchev–Trinajstić information content (AvgIpc) is 2.30. The number of nitrogens with zero attached hydrogens (tertiary/aromatic N) is 1. The lowest BCUT2D eigenvalue weighted by atomic mass is 10.0. The van der Waals surface area contributed by atoms with E-state index >= 15 is 0 Å². The molecule has 0 heterocycles. The van der Waals surface area contributed by atoms with Crippen LogP contribution in [0.2, 0.25) is 0 Å². The zero-order chi connectivity index (χ0) is 13.7. The normalized spacial score (nSPS) is 13.3. The summed E-state index contributed by atoms with van der Waals surface area (Å²) >= 11 is 3.16. The van der Waals surface area contributed by atoms with E-state index in [1.54, 1.807) is 12.1 Å². The van der Waals surface area contributed by atoms with Gasteiger partial charge in [0.15, 0.2) is 0 Å². The molecule has 0 amide bonds. The molecule has 2 nitrogen and oxygen atoms in total. The molecule has 1 atom stereocenters. The van der Waals surface area contributed by atoms with E-state index in [9.17, 15) is 4.39 Å². The number of hydrogen-bond acceptors (Lipinski definition) is 2. The van der Waals surface area contributed by atoms with Crippen molar-refractivity contribution in [2.24, 2.45) is 11.7 Å². The summed E-state index contributed by atoms with van der Waals surface area (Å²) < 4.78 is 13.9. The second kappa shape index (κ2) is 7.22. The summed E-state index contributed by atoms with van der Waals surface area (Å²) in [7, 11) is 2.03. The fourth-order valence-electron chi connectivity index (χ4n) is 1.73. The molecule has 0 aliphatic rings. The predicted molar refractivity (Wildman–Crippen MR) is 77.9 cm³/mol. The van der Waals surface area contributed by atoms with Crippen molar-refractivity contribution in [1.29, 1.82) is 0 Å². The van der Waals surface area contributed by atoms with Crippen molar-refractivity contribution in [3.05, 3.63) is 34.1 Å². The lowest BCUT2D eigenvalue weighted by molar-refractivity contribution is 0.296. The highest BCUT2D eigenvalue weighted by atomic mass is 79.9. The zero-order valence-electron chi connectivity index (χ0n) is 11.3. The first kappa shape index (κ1) is 15.6. The number of halogens is 2. The summed E-state index contributed by atoms with van der Waals surface area (Å²) in [5, 5.41) is 0. The molecular formula is C14H22BrFN2. The maximum absolute atomic E-state index is 13.4. The van der Waals surface area contributed by atoms with Gasteiger partial charge in [-0.3, -0.25) is 0 Å². The van der Waals surface area contributed by atoms with Crippen molar-refractivity contribution in [2.45, 2.75) is 32.9 Å². The lowest BCUT2D eigenvalue weighted by Crippen LogP contribution is -2.31. The molecule has 0 saturated carbocycles. The first-order chi connectivity index (χ1) is 8.40. The first-order valence-electron chi connectivity index (χ1n) is 6.28. The number of hydrogen-bond donors (Lipinski definition) is 1. The number of rotatable bonds is 6. The van der Waals surface area contributed by atoms with E-state index in [1.165, 1.54) is 0 Å². The van der Waals surface area contributed by atoms with Gasteiger partial charge in [-0.15, -0.1) is 0 Å². The van der Waals surface area contributed by atoms with Gasteiger partial charge in [0.05, 0.1) is 4.47 Å². The SMILES string of the molecule is CC(C)C(N)CCN(C)Cc1ccc(Br)c(F)c1. The molecule has 0 aliphatic heterocycles.